The molecule has 0 aliphatic carbocycles. The topological polar surface area (TPSA) is 58.6 Å². The van der Waals surface area contributed by atoms with Gasteiger partial charge in [-0.1, -0.05) is 43.3 Å². The molecule has 2 amide bonds. The monoisotopic (exact) mass is 366 g/mol. The fraction of sp³-hybridized carbons (Fsp3) is 0.364. The lowest BCUT2D eigenvalue weighted by Gasteiger charge is -2.36. The Bertz CT molecular complexity index is 817. The molecule has 142 valence electrons. The van der Waals surface area contributed by atoms with Crippen molar-refractivity contribution in [1.29, 1.82) is 0 Å². The number of hydrogen-bond acceptors (Lipinski definition) is 3. The molecule has 1 aliphatic rings. The minimum Gasteiger partial charge on any atom is -0.497 e. The fourth-order valence-corrected chi connectivity index (χ4v) is 3.70. The van der Waals surface area contributed by atoms with Crippen LogP contribution in [-0.2, 0) is 16.0 Å². The molecule has 2 atom stereocenters. The molecule has 0 spiro atoms. The van der Waals surface area contributed by atoms with E-state index in [4.69, 9.17) is 4.74 Å². The first-order valence-corrected chi connectivity index (χ1v) is 9.34. The van der Waals surface area contributed by atoms with Crippen LogP contribution in [0.25, 0.3) is 0 Å². The smallest absolute Gasteiger partial charge is 0.247 e. The maximum absolute atomic E-state index is 13.2. The van der Waals surface area contributed by atoms with Crippen molar-refractivity contribution < 1.29 is 14.3 Å². The van der Waals surface area contributed by atoms with Gasteiger partial charge < -0.3 is 15.0 Å². The van der Waals surface area contributed by atoms with Crippen LogP contribution in [0.5, 0.6) is 5.75 Å². The normalized spacial score (nSPS) is 17.0. The molecule has 0 aromatic heterocycles. The average Bonchev–Trinajstić information content (AvgIpc) is 2.70. The minimum absolute atomic E-state index is 0.0813. The number of benzene rings is 2. The van der Waals surface area contributed by atoms with E-state index in [-0.39, 0.29) is 17.9 Å². The predicted molar refractivity (Wildman–Crippen MR) is 104 cm³/mol. The van der Waals surface area contributed by atoms with Gasteiger partial charge in [-0.15, -0.1) is 0 Å². The molecule has 0 saturated carbocycles. The third-order valence-electron chi connectivity index (χ3n) is 5.18. The molecule has 3 rings (SSSR count). The van der Waals surface area contributed by atoms with E-state index in [2.05, 4.69) is 5.32 Å². The van der Waals surface area contributed by atoms with E-state index in [0.717, 1.165) is 35.3 Å². The van der Waals surface area contributed by atoms with E-state index < -0.39 is 6.04 Å². The van der Waals surface area contributed by atoms with Crippen LogP contribution in [-0.4, -0.2) is 30.4 Å². The number of carbonyl (C=O) groups excluding carboxylic acids is 2. The summed E-state index contributed by atoms with van der Waals surface area (Å²) in [6.45, 7) is 4.12. The zero-order valence-corrected chi connectivity index (χ0v) is 16.1. The number of nitrogens with zero attached hydrogens (tertiary/aromatic N) is 1. The van der Waals surface area contributed by atoms with Gasteiger partial charge >= 0.3 is 0 Å². The molecular formula is C22H26N2O3. The average molecular weight is 366 g/mol. The highest BCUT2D eigenvalue weighted by atomic mass is 16.5. The number of carbonyl (C=O) groups is 2. The number of nitrogens with one attached hydrogen (secondary N) is 1. The molecule has 0 fully saturated rings. The summed E-state index contributed by atoms with van der Waals surface area (Å²) in [6, 6.07) is 14.9. The molecule has 1 heterocycles. The fourth-order valence-electron chi connectivity index (χ4n) is 3.70. The molecule has 0 bridgehead atoms. The molecule has 2 aromatic rings. The summed E-state index contributed by atoms with van der Waals surface area (Å²) in [4.78, 5) is 27.0. The maximum atomic E-state index is 13.2. The lowest BCUT2D eigenvalue weighted by molar-refractivity contribution is -0.140. The summed E-state index contributed by atoms with van der Waals surface area (Å²) in [5.41, 5.74) is 3.07. The van der Waals surface area contributed by atoms with Crippen molar-refractivity contribution in [3.63, 3.8) is 0 Å². The second kappa shape index (κ2) is 8.25. The Morgan fingerprint density at radius 3 is 2.52 bits per heavy atom. The molecule has 27 heavy (non-hydrogen) atoms. The molecule has 0 saturated heterocycles. The van der Waals surface area contributed by atoms with Gasteiger partial charge in [-0.25, -0.2) is 0 Å². The van der Waals surface area contributed by atoms with Crippen molar-refractivity contribution in [3.05, 3.63) is 65.2 Å². The van der Waals surface area contributed by atoms with Crippen molar-refractivity contribution >= 4 is 11.8 Å². The van der Waals surface area contributed by atoms with Crippen molar-refractivity contribution in [3.8, 4) is 5.75 Å². The second-order valence-electron chi connectivity index (χ2n) is 6.81. The highest BCUT2D eigenvalue weighted by Crippen LogP contribution is 2.31. The first-order valence-electron chi connectivity index (χ1n) is 9.34. The Hall–Kier alpha value is -2.82. The molecule has 0 radical (unpaired) electrons. The largest absolute Gasteiger partial charge is 0.497 e. The zero-order chi connectivity index (χ0) is 19.4. The van der Waals surface area contributed by atoms with Crippen molar-refractivity contribution in [1.82, 2.24) is 10.2 Å². The number of ether oxygens (including phenoxy) is 1. The highest BCUT2D eigenvalue weighted by molar-refractivity contribution is 5.89. The molecule has 2 unspecified atom stereocenters. The van der Waals surface area contributed by atoms with E-state index in [9.17, 15) is 9.59 Å². The summed E-state index contributed by atoms with van der Waals surface area (Å²) >= 11 is 0. The lowest BCUT2D eigenvalue weighted by Crippen LogP contribution is -2.47. The first kappa shape index (κ1) is 19.0. The van der Waals surface area contributed by atoms with Crippen LogP contribution in [0.4, 0.5) is 0 Å². The number of amides is 2. The van der Waals surface area contributed by atoms with E-state index in [0.29, 0.717) is 6.54 Å². The number of methoxy groups -OCH3 is 1. The number of hydrogen-bond donors (Lipinski definition) is 1. The maximum Gasteiger partial charge on any atom is 0.247 e. The molecule has 5 heteroatoms. The molecule has 1 aliphatic heterocycles. The van der Waals surface area contributed by atoms with Gasteiger partial charge in [0.2, 0.25) is 11.8 Å². The van der Waals surface area contributed by atoms with Gasteiger partial charge in [0.15, 0.2) is 0 Å². The predicted octanol–water partition coefficient (Wildman–Crippen LogP) is 3.41. The van der Waals surface area contributed by atoms with E-state index >= 15 is 0 Å². The van der Waals surface area contributed by atoms with Gasteiger partial charge in [-0.3, -0.25) is 9.59 Å². The van der Waals surface area contributed by atoms with Gasteiger partial charge in [0.05, 0.1) is 13.2 Å². The quantitative estimate of drug-likeness (QED) is 0.882. The summed E-state index contributed by atoms with van der Waals surface area (Å²) in [5, 5.41) is 3.14. The van der Waals surface area contributed by atoms with Crippen LogP contribution in [0.1, 0.15) is 49.0 Å². The lowest BCUT2D eigenvalue weighted by atomic mass is 9.91. The molecule has 1 N–H and O–H groups in total. The SMILES string of the molecule is CCC(NC(=O)C1c2ccccc2CCN1C(C)=O)c1ccc(OC)cc1. The van der Waals surface area contributed by atoms with Crippen molar-refractivity contribution in [2.75, 3.05) is 13.7 Å². The Morgan fingerprint density at radius 1 is 1.19 bits per heavy atom. The Balaban J connectivity index is 1.86. The molecular weight excluding hydrogens is 340 g/mol. The third kappa shape index (κ3) is 3.97. The van der Waals surface area contributed by atoms with E-state index in [1.54, 1.807) is 12.0 Å². The first-order chi connectivity index (χ1) is 13.0. The Kier molecular flexibility index (Phi) is 5.79. The Labute approximate surface area is 160 Å². The van der Waals surface area contributed by atoms with Gasteiger partial charge in [-0.2, -0.15) is 0 Å². The summed E-state index contributed by atoms with van der Waals surface area (Å²) < 4.78 is 5.21. The van der Waals surface area contributed by atoms with Crippen LogP contribution < -0.4 is 10.1 Å². The Morgan fingerprint density at radius 2 is 1.89 bits per heavy atom. The van der Waals surface area contributed by atoms with Crippen LogP contribution >= 0.6 is 0 Å². The van der Waals surface area contributed by atoms with Gasteiger partial charge in [0.25, 0.3) is 0 Å². The highest BCUT2D eigenvalue weighted by Gasteiger charge is 2.35. The van der Waals surface area contributed by atoms with Crippen LogP contribution in [0.15, 0.2) is 48.5 Å². The van der Waals surface area contributed by atoms with E-state index in [1.165, 1.54) is 6.92 Å². The van der Waals surface area contributed by atoms with Crippen molar-refractivity contribution in [2.24, 2.45) is 0 Å². The van der Waals surface area contributed by atoms with Crippen molar-refractivity contribution in [2.45, 2.75) is 38.8 Å². The molecule has 5 nitrogen and oxygen atoms in total. The van der Waals surface area contributed by atoms with Crippen LogP contribution in [0, 0.1) is 0 Å². The standard InChI is InChI=1S/C22H26N2O3/c1-4-20(17-9-11-18(27-3)12-10-17)23-22(26)21-19-8-6-5-7-16(19)13-14-24(21)15(2)25/h5-12,20-21H,4,13-14H2,1-3H3,(H,23,26). The van der Waals surface area contributed by atoms with Gasteiger partial charge in [0, 0.05) is 13.5 Å². The van der Waals surface area contributed by atoms with Gasteiger partial charge in [-0.05, 0) is 41.7 Å². The molecule has 2 aromatic carbocycles. The minimum atomic E-state index is -0.584. The number of rotatable bonds is 5. The summed E-state index contributed by atoms with van der Waals surface area (Å²) in [6.07, 6.45) is 1.53. The van der Waals surface area contributed by atoms with Crippen LogP contribution in [0.3, 0.4) is 0 Å². The second-order valence-corrected chi connectivity index (χ2v) is 6.81. The van der Waals surface area contributed by atoms with Crippen LogP contribution in [0.2, 0.25) is 0 Å². The number of fused-ring (bicyclic) bond motifs is 1. The third-order valence-corrected chi connectivity index (χ3v) is 5.18. The summed E-state index contributed by atoms with van der Waals surface area (Å²) in [5.74, 6) is 0.561. The van der Waals surface area contributed by atoms with Gasteiger partial charge in [0.1, 0.15) is 11.8 Å². The summed E-state index contributed by atoms with van der Waals surface area (Å²) in [7, 11) is 1.63. The zero-order valence-electron chi connectivity index (χ0n) is 16.1. The van der Waals surface area contributed by atoms with E-state index in [1.807, 2.05) is 55.5 Å².